The lowest BCUT2D eigenvalue weighted by Gasteiger charge is -1.75. The van der Waals surface area contributed by atoms with Gasteiger partial charge >= 0.3 is 0 Å². The van der Waals surface area contributed by atoms with Crippen LogP contribution in [-0.4, -0.2) is 69.2 Å². The third kappa shape index (κ3) is 22.3. The summed E-state index contributed by atoms with van der Waals surface area (Å²) < 4.78 is 20.4. The molecule has 0 saturated carbocycles. The third-order valence-electron chi connectivity index (χ3n) is 4.09. The standard InChI is InChI=1S/2C4H6N2O.2C4H6N2S.2C3H5N3.2C2H6/c1-3-5-6-4(2)7-3;1-3-4(2)6-7-5-3;1-3-5-6-4(2)7-3;1-3-4(2)6-7-5-3;1-6-3-4-2-5-6;1-6-3-2-4-5-6;2*1-2/h4*1-2H3;2*2-3H,1H3;2*1-2H3. The highest BCUT2D eigenvalue weighted by Gasteiger charge is 1.93. The number of rotatable bonds is 0. The van der Waals surface area contributed by atoms with Gasteiger partial charge in [0.1, 0.15) is 34.1 Å². The molecule has 6 aromatic heterocycles. The zero-order valence-corrected chi connectivity index (χ0v) is 29.8. The Balaban J connectivity index is 0. The Hall–Kier alpha value is -4.32. The molecule has 0 aromatic carbocycles. The van der Waals surface area contributed by atoms with Gasteiger partial charge in [0.25, 0.3) is 0 Å². The van der Waals surface area contributed by atoms with Crippen LogP contribution in [0.5, 0.6) is 0 Å². The van der Waals surface area contributed by atoms with Crippen molar-refractivity contribution in [1.82, 2.24) is 69.2 Å². The predicted octanol–water partition coefficient (Wildman–Crippen LogP) is 5.37. The van der Waals surface area contributed by atoms with Crippen LogP contribution in [0.15, 0.2) is 34.1 Å². The predicted molar refractivity (Wildman–Crippen MR) is 171 cm³/mol. The molecule has 0 unspecified atom stereocenters. The summed E-state index contributed by atoms with van der Waals surface area (Å²) in [7, 11) is 3.65. The molecule has 44 heavy (non-hydrogen) atoms. The molecule has 0 bridgehead atoms. The molecule has 0 saturated heterocycles. The topological polar surface area (TPSA) is 191 Å². The maximum Gasteiger partial charge on any atom is 0.213 e. The van der Waals surface area contributed by atoms with E-state index in [0.717, 1.165) is 32.8 Å². The van der Waals surface area contributed by atoms with Crippen molar-refractivity contribution in [2.75, 3.05) is 0 Å². The Kier molecular flexibility index (Phi) is 25.0. The molecule has 0 aliphatic rings. The number of aromatic nitrogens is 14. The van der Waals surface area contributed by atoms with Crippen LogP contribution in [0.4, 0.5) is 0 Å². The van der Waals surface area contributed by atoms with Crippen LogP contribution in [0, 0.1) is 55.4 Å². The van der Waals surface area contributed by atoms with Gasteiger partial charge in [-0.05, 0) is 41.5 Å². The maximum atomic E-state index is 4.86. The van der Waals surface area contributed by atoms with Crippen molar-refractivity contribution >= 4 is 23.1 Å². The smallest absolute Gasteiger partial charge is 0.213 e. The van der Waals surface area contributed by atoms with Crippen molar-refractivity contribution in [3.63, 3.8) is 0 Å². The van der Waals surface area contributed by atoms with Gasteiger partial charge in [-0.15, -0.1) is 36.8 Å². The van der Waals surface area contributed by atoms with E-state index in [1.807, 2.05) is 83.3 Å². The average molecular weight is 651 g/mol. The van der Waals surface area contributed by atoms with Crippen LogP contribution in [0.1, 0.15) is 72.3 Å². The molecule has 16 nitrogen and oxygen atoms in total. The Morgan fingerprint density at radius 3 is 1.30 bits per heavy atom. The summed E-state index contributed by atoms with van der Waals surface area (Å²) in [6.07, 6.45) is 6.56. The minimum absolute atomic E-state index is 0.623. The van der Waals surface area contributed by atoms with Crippen molar-refractivity contribution < 1.29 is 9.05 Å². The van der Waals surface area contributed by atoms with Gasteiger partial charge in [0.15, 0.2) is 0 Å². The molecule has 0 fully saturated rings. The van der Waals surface area contributed by atoms with E-state index < -0.39 is 0 Å². The molecule has 0 amide bonds. The minimum Gasteiger partial charge on any atom is -0.426 e. The summed E-state index contributed by atoms with van der Waals surface area (Å²) in [5.74, 6) is 1.25. The first-order chi connectivity index (χ1) is 21.0. The molecule has 0 aliphatic carbocycles. The molecule has 18 heteroatoms. The van der Waals surface area contributed by atoms with E-state index in [4.69, 9.17) is 4.42 Å². The van der Waals surface area contributed by atoms with Crippen molar-refractivity contribution in [3.05, 3.63) is 69.6 Å². The largest absolute Gasteiger partial charge is 0.426 e. The number of hydrogen-bond acceptors (Lipinski definition) is 16. The highest BCUT2D eigenvalue weighted by Crippen LogP contribution is 2.04. The van der Waals surface area contributed by atoms with Gasteiger partial charge in [-0.25, -0.2) is 9.61 Å². The van der Waals surface area contributed by atoms with Crippen molar-refractivity contribution in [2.24, 2.45) is 14.1 Å². The summed E-state index contributed by atoms with van der Waals surface area (Å²) in [6.45, 7) is 23.0. The summed E-state index contributed by atoms with van der Waals surface area (Å²) >= 11 is 2.89. The molecule has 6 heterocycles. The van der Waals surface area contributed by atoms with Crippen LogP contribution in [0.25, 0.3) is 0 Å². The van der Waals surface area contributed by atoms with Gasteiger partial charge in [-0.3, -0.25) is 9.36 Å². The van der Waals surface area contributed by atoms with Crippen LogP contribution in [0.3, 0.4) is 0 Å². The van der Waals surface area contributed by atoms with E-state index in [-0.39, 0.29) is 0 Å². The molecule has 6 rings (SSSR count). The van der Waals surface area contributed by atoms with Crippen LogP contribution < -0.4 is 0 Å². The highest BCUT2D eigenvalue weighted by molar-refractivity contribution is 7.11. The maximum absolute atomic E-state index is 4.86. The average Bonchev–Trinajstić information content (AvgIpc) is 3.88. The van der Waals surface area contributed by atoms with Gasteiger partial charge in [0.2, 0.25) is 11.8 Å². The van der Waals surface area contributed by atoms with E-state index in [0.29, 0.717) is 11.8 Å². The van der Waals surface area contributed by atoms with Gasteiger partial charge in [-0.1, -0.05) is 43.2 Å². The summed E-state index contributed by atoms with van der Waals surface area (Å²) in [5.41, 5.74) is 3.81. The van der Waals surface area contributed by atoms with E-state index in [1.165, 1.54) is 18.1 Å². The van der Waals surface area contributed by atoms with Gasteiger partial charge in [0.05, 0.1) is 29.3 Å². The fourth-order valence-electron chi connectivity index (χ4n) is 1.88. The Bertz CT molecular complexity index is 1250. The molecule has 0 N–H and O–H groups in total. The lowest BCUT2D eigenvalue weighted by Crippen LogP contribution is -1.85. The first-order valence-electron chi connectivity index (χ1n) is 13.6. The Morgan fingerprint density at radius 1 is 0.659 bits per heavy atom. The molecule has 0 radical (unpaired) electrons. The lowest BCUT2D eigenvalue weighted by atomic mass is 10.4. The quantitative estimate of drug-likeness (QED) is 0.204. The number of aryl methyl sites for hydroxylation is 10. The van der Waals surface area contributed by atoms with Gasteiger partial charge < -0.3 is 4.42 Å². The first kappa shape index (κ1) is 41.8. The van der Waals surface area contributed by atoms with Crippen LogP contribution in [-0.2, 0) is 14.1 Å². The first-order valence-corrected chi connectivity index (χ1v) is 15.2. The van der Waals surface area contributed by atoms with Gasteiger partial charge in [-0.2, -0.15) is 13.8 Å². The van der Waals surface area contributed by atoms with Gasteiger partial charge in [0, 0.05) is 34.1 Å². The zero-order chi connectivity index (χ0) is 33.9. The normalized spacial score (nSPS) is 8.68. The second kappa shape index (κ2) is 26.3. The summed E-state index contributed by atoms with van der Waals surface area (Å²) in [6, 6.07) is 0. The zero-order valence-electron chi connectivity index (χ0n) is 28.2. The molecule has 6 aromatic rings. The van der Waals surface area contributed by atoms with E-state index in [1.54, 1.807) is 53.3 Å². The minimum atomic E-state index is 0.623. The van der Waals surface area contributed by atoms with Crippen molar-refractivity contribution in [1.29, 1.82) is 0 Å². The molecule has 0 spiro atoms. The SMILES string of the molecule is CC.CC.Cc1nnc(C)o1.Cc1nnc(C)s1.Cc1nonc1C.Cc1nsnc1C.Cn1ccnn1.Cn1cncn1. The Labute approximate surface area is 267 Å². The Morgan fingerprint density at radius 2 is 1.16 bits per heavy atom. The lowest BCUT2D eigenvalue weighted by molar-refractivity contribution is 0.302. The fourth-order valence-corrected chi connectivity index (χ4v) is 3.02. The summed E-state index contributed by atoms with van der Waals surface area (Å²) in [4.78, 5) is 3.67. The highest BCUT2D eigenvalue weighted by atomic mass is 32.1. The van der Waals surface area contributed by atoms with E-state index in [2.05, 4.69) is 64.5 Å². The molecule has 0 atom stereocenters. The molecule has 0 aliphatic heterocycles. The van der Waals surface area contributed by atoms with Crippen LogP contribution >= 0.6 is 23.1 Å². The van der Waals surface area contributed by atoms with Crippen molar-refractivity contribution in [2.45, 2.75) is 83.1 Å². The van der Waals surface area contributed by atoms with E-state index >= 15 is 0 Å². The molecule has 244 valence electrons. The van der Waals surface area contributed by atoms with Crippen molar-refractivity contribution in [3.8, 4) is 0 Å². The number of nitrogens with zero attached hydrogens (tertiary/aromatic N) is 14. The fraction of sp³-hybridized carbons (Fsp3) is 0.538. The molecular weight excluding hydrogens is 605 g/mol. The third-order valence-corrected chi connectivity index (χ3v) is 5.55. The summed E-state index contributed by atoms with van der Waals surface area (Å²) in [5, 5.41) is 34.7. The molecular formula is C26H46N14O2S2. The second-order valence-corrected chi connectivity index (χ2v) is 9.61. The number of hydrogen-bond donors (Lipinski definition) is 0. The monoisotopic (exact) mass is 650 g/mol. The van der Waals surface area contributed by atoms with Crippen LogP contribution in [0.2, 0.25) is 0 Å². The second-order valence-electron chi connectivity index (χ2n) is 7.70. The van der Waals surface area contributed by atoms with E-state index in [9.17, 15) is 0 Å².